The molecule has 1 saturated heterocycles. The molecule has 2 heterocycles. The van der Waals surface area contributed by atoms with E-state index in [0.29, 0.717) is 24.7 Å². The van der Waals surface area contributed by atoms with E-state index in [1.807, 2.05) is 36.2 Å². The highest BCUT2D eigenvalue weighted by molar-refractivity contribution is 9.10. The quantitative estimate of drug-likeness (QED) is 0.429. The van der Waals surface area contributed by atoms with Crippen LogP contribution in [0.5, 0.6) is 0 Å². The Balaban J connectivity index is 1.45. The van der Waals surface area contributed by atoms with Crippen LogP contribution in [0.1, 0.15) is 5.56 Å². The van der Waals surface area contributed by atoms with Crippen molar-refractivity contribution < 1.29 is 22.4 Å². The minimum atomic E-state index is -4.51. The first-order valence-corrected chi connectivity index (χ1v) is 12.1. The zero-order valence-corrected chi connectivity index (χ0v) is 20.5. The van der Waals surface area contributed by atoms with Gasteiger partial charge < -0.3 is 19.5 Å². The summed E-state index contributed by atoms with van der Waals surface area (Å²) >= 11 is 4.39. The minimum absolute atomic E-state index is 0.0987. The third-order valence-electron chi connectivity index (χ3n) is 5.25. The van der Waals surface area contributed by atoms with Crippen molar-refractivity contribution >= 4 is 45.0 Å². The van der Waals surface area contributed by atoms with Gasteiger partial charge in [-0.15, -0.1) is 10.2 Å². The molecule has 4 rings (SSSR count). The summed E-state index contributed by atoms with van der Waals surface area (Å²) in [5.74, 6) is -0.264. The second-order valence-electron chi connectivity index (χ2n) is 7.74. The van der Waals surface area contributed by atoms with E-state index in [9.17, 15) is 18.0 Å². The lowest BCUT2D eigenvalue weighted by Gasteiger charge is -2.35. The van der Waals surface area contributed by atoms with Crippen LogP contribution in [0.2, 0.25) is 0 Å². The van der Waals surface area contributed by atoms with Gasteiger partial charge in [0.25, 0.3) is 5.22 Å². The fraction of sp³-hybridized carbons (Fsp3) is 0.318. The summed E-state index contributed by atoms with van der Waals surface area (Å²) in [5, 5.41) is 10.7. The van der Waals surface area contributed by atoms with E-state index < -0.39 is 17.6 Å². The molecule has 0 atom stereocenters. The molecule has 0 aliphatic carbocycles. The maximum atomic E-state index is 13.3. The molecule has 180 valence electrons. The van der Waals surface area contributed by atoms with Gasteiger partial charge in [0.05, 0.1) is 22.7 Å². The number of anilines is 2. The van der Waals surface area contributed by atoms with E-state index in [-0.39, 0.29) is 16.7 Å². The van der Waals surface area contributed by atoms with Crippen LogP contribution in [-0.2, 0) is 11.0 Å². The molecule has 0 saturated carbocycles. The smallest absolute Gasteiger partial charge is 0.411 e. The lowest BCUT2D eigenvalue weighted by Crippen LogP contribution is -2.44. The number of carbonyl (C=O) groups excluding carboxylic acids is 1. The molecule has 7 nitrogen and oxygen atoms in total. The second kappa shape index (κ2) is 10.4. The predicted octanol–water partition coefficient (Wildman–Crippen LogP) is 5.00. The third-order valence-corrected chi connectivity index (χ3v) is 6.56. The highest BCUT2D eigenvalue weighted by Crippen LogP contribution is 2.36. The zero-order chi connectivity index (χ0) is 24.3. The first-order valence-electron chi connectivity index (χ1n) is 10.4. The molecule has 0 bridgehead atoms. The van der Waals surface area contributed by atoms with E-state index >= 15 is 0 Å². The first-order chi connectivity index (χ1) is 16.2. The number of amides is 1. The Bertz CT molecular complexity index is 1170. The fourth-order valence-corrected chi connectivity index (χ4v) is 4.42. The molecule has 1 aliphatic heterocycles. The van der Waals surface area contributed by atoms with Crippen LogP contribution in [0.3, 0.4) is 0 Å². The number of aromatic nitrogens is 2. The summed E-state index contributed by atoms with van der Waals surface area (Å²) in [5.41, 5.74) is 0.599. The number of carbonyl (C=O) groups is 1. The molecule has 0 radical (unpaired) electrons. The van der Waals surface area contributed by atoms with E-state index in [4.69, 9.17) is 4.42 Å². The average Bonchev–Trinajstić information content (AvgIpc) is 3.27. The fourth-order valence-electron chi connectivity index (χ4n) is 3.46. The maximum absolute atomic E-state index is 13.3. The number of nitrogens with zero attached hydrogens (tertiary/aromatic N) is 4. The van der Waals surface area contributed by atoms with Crippen molar-refractivity contribution in [3.05, 3.63) is 52.5 Å². The maximum Gasteiger partial charge on any atom is 0.416 e. The van der Waals surface area contributed by atoms with E-state index in [0.717, 1.165) is 47.0 Å². The van der Waals surface area contributed by atoms with Crippen LogP contribution in [0.4, 0.5) is 24.5 Å². The van der Waals surface area contributed by atoms with Gasteiger partial charge in [-0.2, -0.15) is 13.2 Å². The summed E-state index contributed by atoms with van der Waals surface area (Å²) in [4.78, 5) is 16.7. The van der Waals surface area contributed by atoms with Gasteiger partial charge in [0.1, 0.15) is 0 Å². The number of hydrogen-bond donors (Lipinski definition) is 1. The Hall–Kier alpha value is -2.57. The first kappa shape index (κ1) is 24.6. The molecule has 1 amide bonds. The topological polar surface area (TPSA) is 74.5 Å². The number of alkyl halides is 3. The molecule has 34 heavy (non-hydrogen) atoms. The molecule has 2 aromatic carbocycles. The normalized spacial score (nSPS) is 14.9. The number of piperazine rings is 1. The van der Waals surface area contributed by atoms with Crippen molar-refractivity contribution in [3.8, 4) is 11.5 Å². The largest absolute Gasteiger partial charge is 0.416 e. The molecular formula is C22H21BrF3N5O2S. The van der Waals surface area contributed by atoms with Crippen molar-refractivity contribution in [1.82, 2.24) is 15.1 Å². The lowest BCUT2D eigenvalue weighted by atomic mass is 10.1. The summed E-state index contributed by atoms with van der Waals surface area (Å²) in [6, 6.07) is 10.8. The second-order valence-corrected chi connectivity index (χ2v) is 9.58. The molecule has 0 spiro atoms. The van der Waals surface area contributed by atoms with Gasteiger partial charge in [-0.3, -0.25) is 4.79 Å². The van der Waals surface area contributed by atoms with Crippen LogP contribution in [0.15, 0.2) is 56.6 Å². The van der Waals surface area contributed by atoms with Gasteiger partial charge in [-0.1, -0.05) is 33.8 Å². The number of thioether (sulfide) groups is 1. The zero-order valence-electron chi connectivity index (χ0n) is 18.1. The van der Waals surface area contributed by atoms with Gasteiger partial charge in [-0.25, -0.2) is 0 Å². The van der Waals surface area contributed by atoms with Gasteiger partial charge >= 0.3 is 6.18 Å². The predicted molar refractivity (Wildman–Crippen MR) is 128 cm³/mol. The molecule has 12 heteroatoms. The van der Waals surface area contributed by atoms with E-state index in [1.165, 1.54) is 6.07 Å². The number of rotatable bonds is 6. The molecule has 1 aliphatic rings. The average molecular weight is 556 g/mol. The Morgan fingerprint density at radius 3 is 2.62 bits per heavy atom. The standard InChI is InChI=1S/C22H21BrF3N5O2S/c1-30-7-9-31(10-8-30)18-6-5-15(22(24,25)26)12-17(18)27-19(32)13-34-21-29-28-20(33-21)14-3-2-4-16(23)11-14/h2-6,11-12H,7-10,13H2,1H3,(H,27,32). The number of likely N-dealkylation sites (N-methyl/N-ethyl adjacent to an activating group) is 1. The molecule has 3 aromatic rings. The summed E-state index contributed by atoms with van der Waals surface area (Å²) in [6.07, 6.45) is -4.51. The van der Waals surface area contributed by atoms with Crippen molar-refractivity contribution in [1.29, 1.82) is 0 Å². The van der Waals surface area contributed by atoms with Gasteiger partial charge in [0, 0.05) is 36.2 Å². The minimum Gasteiger partial charge on any atom is -0.411 e. The van der Waals surface area contributed by atoms with Crippen molar-refractivity contribution in [2.45, 2.75) is 11.4 Å². The van der Waals surface area contributed by atoms with Gasteiger partial charge in [0.15, 0.2) is 0 Å². The summed E-state index contributed by atoms with van der Waals surface area (Å²) in [7, 11) is 1.99. The van der Waals surface area contributed by atoms with Crippen LogP contribution in [0.25, 0.3) is 11.5 Å². The van der Waals surface area contributed by atoms with Crippen LogP contribution in [-0.4, -0.2) is 60.0 Å². The number of benzene rings is 2. The Labute approximate surface area is 206 Å². The van der Waals surface area contributed by atoms with E-state index in [1.54, 1.807) is 0 Å². The highest BCUT2D eigenvalue weighted by atomic mass is 79.9. The van der Waals surface area contributed by atoms with Crippen molar-refractivity contribution in [2.75, 3.05) is 49.2 Å². The number of halogens is 4. The molecule has 1 N–H and O–H groups in total. The Kier molecular flexibility index (Phi) is 7.48. The molecule has 0 unspecified atom stereocenters. The van der Waals surface area contributed by atoms with Gasteiger partial charge in [0.2, 0.25) is 11.8 Å². The SMILES string of the molecule is CN1CCN(c2ccc(C(F)(F)F)cc2NC(=O)CSc2nnc(-c3cccc(Br)c3)o2)CC1. The summed E-state index contributed by atoms with van der Waals surface area (Å²) < 4.78 is 46.4. The Morgan fingerprint density at radius 2 is 1.91 bits per heavy atom. The monoisotopic (exact) mass is 555 g/mol. The summed E-state index contributed by atoms with van der Waals surface area (Å²) in [6.45, 7) is 2.86. The molecule has 1 aromatic heterocycles. The highest BCUT2D eigenvalue weighted by Gasteiger charge is 2.32. The molecule has 1 fully saturated rings. The lowest BCUT2D eigenvalue weighted by molar-refractivity contribution is -0.137. The van der Waals surface area contributed by atoms with E-state index in [2.05, 4.69) is 36.3 Å². The third kappa shape index (κ3) is 6.10. The number of hydrogen-bond acceptors (Lipinski definition) is 7. The van der Waals surface area contributed by atoms with Crippen molar-refractivity contribution in [3.63, 3.8) is 0 Å². The van der Waals surface area contributed by atoms with Crippen molar-refractivity contribution in [2.24, 2.45) is 0 Å². The Morgan fingerprint density at radius 1 is 1.15 bits per heavy atom. The molecular weight excluding hydrogens is 535 g/mol. The van der Waals surface area contributed by atoms with Gasteiger partial charge in [-0.05, 0) is 43.4 Å². The number of nitrogens with one attached hydrogen (secondary N) is 1. The van der Waals surface area contributed by atoms with Crippen LogP contribution in [0, 0.1) is 0 Å². The van der Waals surface area contributed by atoms with Crippen LogP contribution < -0.4 is 10.2 Å². The van der Waals surface area contributed by atoms with Crippen LogP contribution >= 0.6 is 27.7 Å².